The Morgan fingerprint density at radius 2 is 2.15 bits per heavy atom. The number of benzene rings is 1. The number of para-hydroxylation sites is 1. The van der Waals surface area contributed by atoms with E-state index in [1.165, 1.54) is 6.07 Å². The molecule has 1 atom stereocenters. The summed E-state index contributed by atoms with van der Waals surface area (Å²) < 4.78 is 19.3. The molecular formula is C19H32FIN4O2. The normalized spacial score (nSPS) is 19.5. The molecule has 0 aliphatic carbocycles. The van der Waals surface area contributed by atoms with Crippen LogP contribution in [0.15, 0.2) is 29.3 Å². The third kappa shape index (κ3) is 7.42. The molecule has 1 aromatic rings. The molecule has 2 rings (SSSR count). The smallest absolute Gasteiger partial charge is 0.190 e. The summed E-state index contributed by atoms with van der Waals surface area (Å²) in [4.78, 5) is 6.16. The monoisotopic (exact) mass is 494 g/mol. The maximum atomic E-state index is 13.8. The van der Waals surface area contributed by atoms with Crippen LogP contribution in [0, 0.1) is 11.2 Å². The number of guanidine groups is 1. The standard InChI is InChI=1S/C19H31FN4O2.HI/c1-21-18(23-14-19(8-12-25)9-13-26-15-19)22-10-5-11-24(2)17-7-4-3-6-16(17)20;/h3-4,6-7,25H,5,8-15H2,1-2H3,(H2,21,22,23);1H. The Hall–Kier alpha value is -1.13. The molecule has 1 aliphatic rings. The molecule has 154 valence electrons. The highest BCUT2D eigenvalue weighted by Crippen LogP contribution is 2.31. The van der Waals surface area contributed by atoms with Gasteiger partial charge >= 0.3 is 0 Å². The van der Waals surface area contributed by atoms with Gasteiger partial charge in [-0.1, -0.05) is 12.1 Å². The highest BCUT2D eigenvalue weighted by atomic mass is 127. The number of hydrogen-bond donors (Lipinski definition) is 3. The van der Waals surface area contributed by atoms with Crippen molar-refractivity contribution >= 4 is 35.6 Å². The Morgan fingerprint density at radius 1 is 1.37 bits per heavy atom. The Balaban J connectivity index is 0.00000364. The van der Waals surface area contributed by atoms with Gasteiger partial charge in [-0.05, 0) is 31.4 Å². The molecule has 0 saturated carbocycles. The van der Waals surface area contributed by atoms with E-state index in [0.29, 0.717) is 12.3 Å². The first-order valence-electron chi connectivity index (χ1n) is 9.19. The molecule has 1 heterocycles. The summed E-state index contributed by atoms with van der Waals surface area (Å²) in [5, 5.41) is 15.9. The number of nitrogens with one attached hydrogen (secondary N) is 2. The van der Waals surface area contributed by atoms with E-state index in [9.17, 15) is 9.50 Å². The lowest BCUT2D eigenvalue weighted by Gasteiger charge is -2.27. The van der Waals surface area contributed by atoms with Crippen molar-refractivity contribution in [1.82, 2.24) is 10.6 Å². The van der Waals surface area contributed by atoms with E-state index in [-0.39, 0.29) is 41.8 Å². The van der Waals surface area contributed by atoms with Crippen molar-refractivity contribution in [3.63, 3.8) is 0 Å². The molecular weight excluding hydrogens is 462 g/mol. The summed E-state index contributed by atoms with van der Waals surface area (Å²) in [5.74, 6) is 0.538. The first kappa shape index (κ1) is 23.9. The lowest BCUT2D eigenvalue weighted by molar-refractivity contribution is 0.127. The molecule has 27 heavy (non-hydrogen) atoms. The molecule has 0 radical (unpaired) electrons. The van der Waals surface area contributed by atoms with Crippen molar-refractivity contribution in [1.29, 1.82) is 0 Å². The minimum Gasteiger partial charge on any atom is -0.396 e. The molecule has 6 nitrogen and oxygen atoms in total. The predicted octanol–water partition coefficient (Wildman–Crippen LogP) is 2.22. The van der Waals surface area contributed by atoms with Gasteiger partial charge < -0.3 is 25.4 Å². The molecule has 8 heteroatoms. The molecule has 0 amide bonds. The van der Waals surface area contributed by atoms with Gasteiger partial charge in [0.05, 0.1) is 12.3 Å². The minimum absolute atomic E-state index is 0. The molecule has 1 fully saturated rings. The number of rotatable bonds is 9. The second-order valence-electron chi connectivity index (χ2n) is 6.86. The van der Waals surface area contributed by atoms with E-state index in [0.717, 1.165) is 51.5 Å². The Kier molecular flexibility index (Phi) is 10.9. The number of nitrogens with zero attached hydrogens (tertiary/aromatic N) is 2. The fraction of sp³-hybridized carbons (Fsp3) is 0.632. The van der Waals surface area contributed by atoms with E-state index in [1.807, 2.05) is 18.0 Å². The van der Waals surface area contributed by atoms with Crippen LogP contribution in [0.4, 0.5) is 10.1 Å². The van der Waals surface area contributed by atoms with E-state index < -0.39 is 0 Å². The van der Waals surface area contributed by atoms with Gasteiger partial charge in [0, 0.05) is 52.4 Å². The lowest BCUT2D eigenvalue weighted by atomic mass is 9.84. The van der Waals surface area contributed by atoms with Gasteiger partial charge in [-0.25, -0.2) is 4.39 Å². The zero-order valence-electron chi connectivity index (χ0n) is 16.2. The van der Waals surface area contributed by atoms with E-state index >= 15 is 0 Å². The number of aliphatic hydroxyl groups is 1. The topological polar surface area (TPSA) is 69.1 Å². The van der Waals surface area contributed by atoms with Crippen LogP contribution in [-0.4, -0.2) is 64.6 Å². The zero-order valence-corrected chi connectivity index (χ0v) is 18.5. The van der Waals surface area contributed by atoms with Crippen LogP contribution >= 0.6 is 24.0 Å². The van der Waals surface area contributed by atoms with Crippen molar-refractivity contribution < 1.29 is 14.2 Å². The molecule has 1 aliphatic heterocycles. The second-order valence-corrected chi connectivity index (χ2v) is 6.86. The summed E-state index contributed by atoms with van der Waals surface area (Å²) in [7, 11) is 3.63. The van der Waals surface area contributed by atoms with Gasteiger partial charge in [0.25, 0.3) is 0 Å². The third-order valence-electron chi connectivity index (χ3n) is 4.91. The summed E-state index contributed by atoms with van der Waals surface area (Å²) in [6, 6.07) is 6.80. The number of anilines is 1. The summed E-state index contributed by atoms with van der Waals surface area (Å²) in [6.07, 6.45) is 2.53. The largest absolute Gasteiger partial charge is 0.396 e. The van der Waals surface area contributed by atoms with Crippen LogP contribution in [0.25, 0.3) is 0 Å². The second kappa shape index (κ2) is 12.4. The van der Waals surface area contributed by atoms with Crippen LogP contribution in [0.1, 0.15) is 19.3 Å². The van der Waals surface area contributed by atoms with Crippen molar-refractivity contribution in [3.8, 4) is 0 Å². The Bertz CT molecular complexity index is 583. The molecule has 0 bridgehead atoms. The molecule has 0 aromatic heterocycles. The quantitative estimate of drug-likeness (QED) is 0.213. The third-order valence-corrected chi connectivity index (χ3v) is 4.91. The van der Waals surface area contributed by atoms with Crippen LogP contribution in [0.3, 0.4) is 0 Å². The van der Waals surface area contributed by atoms with Crippen molar-refractivity contribution in [2.75, 3.05) is 58.5 Å². The summed E-state index contributed by atoms with van der Waals surface area (Å²) >= 11 is 0. The van der Waals surface area contributed by atoms with Gasteiger partial charge in [0.15, 0.2) is 5.96 Å². The van der Waals surface area contributed by atoms with Gasteiger partial charge in [0.1, 0.15) is 5.82 Å². The van der Waals surface area contributed by atoms with E-state index in [4.69, 9.17) is 4.74 Å². The van der Waals surface area contributed by atoms with E-state index in [1.54, 1.807) is 19.2 Å². The van der Waals surface area contributed by atoms with Crippen molar-refractivity contribution in [2.24, 2.45) is 10.4 Å². The molecule has 1 saturated heterocycles. The summed E-state index contributed by atoms with van der Waals surface area (Å²) in [5.41, 5.74) is 0.597. The fourth-order valence-corrected chi connectivity index (χ4v) is 3.21. The van der Waals surface area contributed by atoms with Crippen molar-refractivity contribution in [3.05, 3.63) is 30.1 Å². The Morgan fingerprint density at radius 3 is 2.78 bits per heavy atom. The number of ether oxygens (including phenoxy) is 1. The first-order valence-corrected chi connectivity index (χ1v) is 9.19. The van der Waals surface area contributed by atoms with Crippen LogP contribution in [0.2, 0.25) is 0 Å². The molecule has 0 spiro atoms. The highest BCUT2D eigenvalue weighted by molar-refractivity contribution is 14.0. The van der Waals surface area contributed by atoms with Crippen LogP contribution in [0.5, 0.6) is 0 Å². The SMILES string of the molecule is CN=C(NCCCN(C)c1ccccc1F)NCC1(CCO)CCOC1.I. The molecule has 1 aromatic carbocycles. The molecule has 1 unspecified atom stereocenters. The first-order chi connectivity index (χ1) is 12.6. The van der Waals surface area contributed by atoms with E-state index in [2.05, 4.69) is 15.6 Å². The van der Waals surface area contributed by atoms with Crippen LogP contribution < -0.4 is 15.5 Å². The van der Waals surface area contributed by atoms with Crippen LogP contribution in [-0.2, 0) is 4.74 Å². The lowest BCUT2D eigenvalue weighted by Crippen LogP contribution is -2.45. The molecule has 3 N–H and O–H groups in total. The van der Waals surface area contributed by atoms with Gasteiger partial charge in [0.2, 0.25) is 0 Å². The number of aliphatic imine (C=N–C) groups is 1. The number of halogens is 2. The number of aliphatic hydroxyl groups excluding tert-OH is 1. The Labute approximate surface area is 178 Å². The van der Waals surface area contributed by atoms with Crippen molar-refractivity contribution in [2.45, 2.75) is 19.3 Å². The fourth-order valence-electron chi connectivity index (χ4n) is 3.21. The zero-order chi connectivity index (χ0) is 18.8. The maximum Gasteiger partial charge on any atom is 0.190 e. The van der Waals surface area contributed by atoms with Gasteiger partial charge in [-0.15, -0.1) is 24.0 Å². The van der Waals surface area contributed by atoms with Gasteiger partial charge in [-0.3, -0.25) is 4.99 Å². The number of hydrogen-bond acceptors (Lipinski definition) is 4. The van der Waals surface area contributed by atoms with Gasteiger partial charge in [-0.2, -0.15) is 0 Å². The highest BCUT2D eigenvalue weighted by Gasteiger charge is 2.34. The average Bonchev–Trinajstić information content (AvgIpc) is 3.10. The average molecular weight is 494 g/mol. The maximum absolute atomic E-state index is 13.8. The minimum atomic E-state index is -0.201. The summed E-state index contributed by atoms with van der Waals surface area (Å²) in [6.45, 7) is 3.79. The predicted molar refractivity (Wildman–Crippen MR) is 119 cm³/mol.